The van der Waals surface area contributed by atoms with Gasteiger partial charge in [-0.25, -0.2) is 8.78 Å². The quantitative estimate of drug-likeness (QED) is 0.358. The summed E-state index contributed by atoms with van der Waals surface area (Å²) in [6, 6.07) is 6.88. The smallest absolute Gasteiger partial charge is 0.326 e. The van der Waals surface area contributed by atoms with Crippen LogP contribution in [0, 0.1) is 21.7 Å². The van der Waals surface area contributed by atoms with E-state index < -0.39 is 34.0 Å². The molecule has 150 valence electrons. The Labute approximate surface area is 165 Å². The third-order valence-corrected chi connectivity index (χ3v) is 4.90. The molecule has 0 N–H and O–H groups in total. The summed E-state index contributed by atoms with van der Waals surface area (Å²) < 4.78 is 34.4. The number of halogens is 2. The molecule has 1 aromatic heterocycles. The van der Waals surface area contributed by atoms with E-state index in [0.29, 0.717) is 4.70 Å². The fraction of sp³-hybridized carbons (Fsp3) is 0.167. The molecule has 0 bridgehead atoms. The first-order valence-corrected chi connectivity index (χ1v) is 9.10. The molecule has 1 heterocycles. The van der Waals surface area contributed by atoms with Crippen LogP contribution in [-0.2, 0) is 16.1 Å². The fourth-order valence-electron chi connectivity index (χ4n) is 2.59. The molecule has 1 amide bonds. The SMILES string of the molecule is CCOC(=O)Cn1c(=NC(=O)c2c(F)cccc2F)sc2ccc([N+](=O)[O-])cc21. The molecule has 11 heteroatoms. The minimum Gasteiger partial charge on any atom is -0.465 e. The first-order valence-electron chi connectivity index (χ1n) is 8.28. The Morgan fingerprint density at radius 1 is 1.24 bits per heavy atom. The first-order chi connectivity index (χ1) is 13.8. The molecule has 0 atom stereocenters. The van der Waals surface area contributed by atoms with Crippen molar-refractivity contribution in [1.29, 1.82) is 0 Å². The van der Waals surface area contributed by atoms with Gasteiger partial charge in [0.15, 0.2) is 4.80 Å². The summed E-state index contributed by atoms with van der Waals surface area (Å²) in [5, 5.41) is 11.1. The van der Waals surface area contributed by atoms with Gasteiger partial charge in [-0.2, -0.15) is 4.99 Å². The molecule has 0 aliphatic heterocycles. The molecule has 8 nitrogen and oxygen atoms in total. The molecule has 3 rings (SSSR count). The zero-order valence-corrected chi connectivity index (χ0v) is 15.7. The van der Waals surface area contributed by atoms with Gasteiger partial charge in [-0.1, -0.05) is 17.4 Å². The Morgan fingerprint density at radius 2 is 1.93 bits per heavy atom. The van der Waals surface area contributed by atoms with Crippen molar-refractivity contribution in [1.82, 2.24) is 4.57 Å². The second-order valence-corrected chi connectivity index (χ2v) is 6.71. The van der Waals surface area contributed by atoms with Crippen LogP contribution in [0.4, 0.5) is 14.5 Å². The number of hydrogen-bond acceptors (Lipinski definition) is 6. The zero-order chi connectivity index (χ0) is 21.1. The molecular formula is C18H13F2N3O5S. The minimum absolute atomic E-state index is 0.0544. The van der Waals surface area contributed by atoms with Gasteiger partial charge in [-0.05, 0) is 25.1 Å². The van der Waals surface area contributed by atoms with Crippen molar-refractivity contribution in [2.24, 2.45) is 4.99 Å². The largest absolute Gasteiger partial charge is 0.465 e. The molecule has 0 aliphatic rings. The van der Waals surface area contributed by atoms with Crippen molar-refractivity contribution in [3.63, 3.8) is 0 Å². The zero-order valence-electron chi connectivity index (χ0n) is 14.9. The van der Waals surface area contributed by atoms with Gasteiger partial charge in [0.25, 0.3) is 11.6 Å². The predicted octanol–water partition coefficient (Wildman–Crippen LogP) is 3.19. The van der Waals surface area contributed by atoms with Crippen LogP contribution < -0.4 is 4.80 Å². The third-order valence-electron chi connectivity index (χ3n) is 3.84. The van der Waals surface area contributed by atoms with Crippen molar-refractivity contribution in [3.05, 3.63) is 68.5 Å². The summed E-state index contributed by atoms with van der Waals surface area (Å²) >= 11 is 0.939. The lowest BCUT2D eigenvalue weighted by Gasteiger charge is -2.05. The molecule has 0 spiro atoms. The summed E-state index contributed by atoms with van der Waals surface area (Å²) in [4.78, 5) is 38.5. The Balaban J connectivity index is 2.20. The molecule has 0 saturated heterocycles. The van der Waals surface area contributed by atoms with Crippen molar-refractivity contribution in [3.8, 4) is 0 Å². The Bertz CT molecular complexity index is 1180. The Kier molecular flexibility index (Phi) is 5.78. The van der Waals surface area contributed by atoms with Gasteiger partial charge in [0.2, 0.25) is 0 Å². The van der Waals surface area contributed by atoms with E-state index in [4.69, 9.17) is 4.74 Å². The maximum atomic E-state index is 13.9. The van der Waals surface area contributed by atoms with Gasteiger partial charge in [-0.15, -0.1) is 0 Å². The average molecular weight is 421 g/mol. The number of esters is 1. The Hall–Kier alpha value is -3.47. The van der Waals surface area contributed by atoms with E-state index in [1.807, 2.05) is 0 Å². The number of non-ortho nitro benzene ring substituents is 1. The normalized spacial score (nSPS) is 11.6. The van der Waals surface area contributed by atoms with E-state index in [0.717, 1.165) is 29.5 Å². The van der Waals surface area contributed by atoms with E-state index in [9.17, 15) is 28.5 Å². The number of ether oxygens (including phenoxy) is 1. The highest BCUT2D eigenvalue weighted by Gasteiger charge is 2.19. The molecule has 0 aliphatic carbocycles. The Morgan fingerprint density at radius 3 is 2.55 bits per heavy atom. The average Bonchev–Trinajstić information content (AvgIpc) is 2.98. The summed E-state index contributed by atoms with van der Waals surface area (Å²) in [7, 11) is 0. The van der Waals surface area contributed by atoms with E-state index in [2.05, 4.69) is 4.99 Å². The van der Waals surface area contributed by atoms with Gasteiger partial charge in [-0.3, -0.25) is 19.7 Å². The first kappa shape index (κ1) is 20.3. The third kappa shape index (κ3) is 4.19. The standard InChI is InChI=1S/C18H13F2N3O5S/c1-2-28-15(24)9-22-13-8-10(23(26)27)6-7-14(13)29-18(22)21-17(25)16-11(19)4-3-5-12(16)20/h3-8H,2,9H2,1H3. The van der Waals surface area contributed by atoms with Crippen LogP contribution in [-0.4, -0.2) is 28.0 Å². The molecule has 2 aromatic carbocycles. The maximum Gasteiger partial charge on any atom is 0.326 e. The number of carbonyl (C=O) groups is 2. The number of fused-ring (bicyclic) bond motifs is 1. The van der Waals surface area contributed by atoms with Crippen LogP contribution in [0.2, 0.25) is 0 Å². The van der Waals surface area contributed by atoms with Crippen LogP contribution in [0.15, 0.2) is 41.4 Å². The number of carbonyl (C=O) groups excluding carboxylic acids is 2. The van der Waals surface area contributed by atoms with Crippen molar-refractivity contribution in [2.45, 2.75) is 13.5 Å². The highest BCUT2D eigenvalue weighted by atomic mass is 32.1. The number of benzene rings is 2. The molecule has 29 heavy (non-hydrogen) atoms. The topological polar surface area (TPSA) is 104 Å². The summed E-state index contributed by atoms with van der Waals surface area (Å²) in [5.41, 5.74) is -0.803. The van der Waals surface area contributed by atoms with E-state index in [1.54, 1.807) is 6.92 Å². The molecule has 0 radical (unpaired) electrons. The monoisotopic (exact) mass is 421 g/mol. The summed E-state index contributed by atoms with van der Waals surface area (Å²) in [6.07, 6.45) is 0. The highest BCUT2D eigenvalue weighted by molar-refractivity contribution is 7.16. The second-order valence-electron chi connectivity index (χ2n) is 5.70. The highest BCUT2D eigenvalue weighted by Crippen LogP contribution is 2.23. The molecular weight excluding hydrogens is 408 g/mol. The van der Waals surface area contributed by atoms with Crippen LogP contribution >= 0.6 is 11.3 Å². The minimum atomic E-state index is -1.18. The number of nitrogens with zero attached hydrogens (tertiary/aromatic N) is 3. The van der Waals surface area contributed by atoms with Gasteiger partial charge < -0.3 is 9.30 Å². The molecule has 0 fully saturated rings. The maximum absolute atomic E-state index is 13.9. The van der Waals surface area contributed by atoms with Gasteiger partial charge >= 0.3 is 5.97 Å². The molecule has 0 unspecified atom stereocenters. The second kappa shape index (κ2) is 8.27. The van der Waals surface area contributed by atoms with Gasteiger partial charge in [0.1, 0.15) is 23.7 Å². The van der Waals surface area contributed by atoms with E-state index in [-0.39, 0.29) is 29.2 Å². The number of aromatic nitrogens is 1. The fourth-order valence-corrected chi connectivity index (χ4v) is 3.60. The van der Waals surface area contributed by atoms with Gasteiger partial charge in [0.05, 0.1) is 21.7 Å². The van der Waals surface area contributed by atoms with Crippen molar-refractivity contribution in [2.75, 3.05) is 6.61 Å². The van der Waals surface area contributed by atoms with Crippen LogP contribution in [0.3, 0.4) is 0 Å². The number of rotatable bonds is 5. The van der Waals surface area contributed by atoms with E-state index in [1.165, 1.54) is 22.8 Å². The van der Waals surface area contributed by atoms with Crippen molar-refractivity contribution >= 4 is 39.1 Å². The van der Waals surface area contributed by atoms with Crippen LogP contribution in [0.5, 0.6) is 0 Å². The lowest BCUT2D eigenvalue weighted by Crippen LogP contribution is -2.23. The molecule has 3 aromatic rings. The number of thiazole rings is 1. The number of amides is 1. The van der Waals surface area contributed by atoms with Crippen LogP contribution in [0.1, 0.15) is 17.3 Å². The van der Waals surface area contributed by atoms with Crippen molar-refractivity contribution < 1.29 is 28.0 Å². The molecule has 0 saturated carbocycles. The summed E-state index contributed by atoms with van der Waals surface area (Å²) in [5.74, 6) is -4.00. The summed E-state index contributed by atoms with van der Waals surface area (Å²) in [6.45, 7) is 1.32. The number of nitro benzene ring substituents is 1. The predicted molar refractivity (Wildman–Crippen MR) is 99.4 cm³/mol. The van der Waals surface area contributed by atoms with E-state index >= 15 is 0 Å². The lowest BCUT2D eigenvalue weighted by atomic mass is 10.2. The van der Waals surface area contributed by atoms with Gasteiger partial charge in [0, 0.05) is 12.1 Å². The van der Waals surface area contributed by atoms with Crippen LogP contribution in [0.25, 0.3) is 10.2 Å². The number of hydrogen-bond donors (Lipinski definition) is 0. The number of nitro groups is 1. The lowest BCUT2D eigenvalue weighted by molar-refractivity contribution is -0.384.